The van der Waals surface area contributed by atoms with Crippen molar-refractivity contribution in [2.75, 3.05) is 12.1 Å². The minimum absolute atomic E-state index is 0.113. The van der Waals surface area contributed by atoms with E-state index >= 15 is 0 Å². The highest BCUT2D eigenvalue weighted by atomic mass is 32.2. The first-order valence-electron chi connectivity index (χ1n) is 8.33. The minimum Gasteiger partial charge on any atom is -0.500 e. The van der Waals surface area contributed by atoms with Gasteiger partial charge in [-0.3, -0.25) is 14.9 Å². The molecule has 30 heavy (non-hydrogen) atoms. The number of phenols is 1. The van der Waals surface area contributed by atoms with Gasteiger partial charge in [0.05, 0.1) is 33.9 Å². The molecular formula is C18H16N4O7S. The Morgan fingerprint density at radius 2 is 1.90 bits per heavy atom. The van der Waals surface area contributed by atoms with Crippen LogP contribution in [0.1, 0.15) is 12.5 Å². The average molecular weight is 432 g/mol. The van der Waals surface area contributed by atoms with Crippen molar-refractivity contribution in [2.45, 2.75) is 11.8 Å². The van der Waals surface area contributed by atoms with Gasteiger partial charge < -0.3 is 9.84 Å². The molecule has 3 rings (SSSR count). The van der Waals surface area contributed by atoms with Crippen LogP contribution < -0.4 is 14.9 Å². The summed E-state index contributed by atoms with van der Waals surface area (Å²) >= 11 is 0. The summed E-state index contributed by atoms with van der Waals surface area (Å²) in [6.45, 7) is 1.58. The first kappa shape index (κ1) is 21.0. The summed E-state index contributed by atoms with van der Waals surface area (Å²) in [6, 6.07) is 7.71. The van der Waals surface area contributed by atoms with Gasteiger partial charge in [0.15, 0.2) is 5.75 Å². The number of methoxy groups -OCH3 is 1. The molecule has 2 aromatic carbocycles. The molecule has 1 amide bonds. The number of sulfonamides is 1. The van der Waals surface area contributed by atoms with Crippen molar-refractivity contribution in [1.29, 1.82) is 0 Å². The molecule has 0 bridgehead atoms. The van der Waals surface area contributed by atoms with Crippen LogP contribution in [0, 0.1) is 10.1 Å². The number of nitrogens with two attached hydrogens (primary N) is 1. The van der Waals surface area contributed by atoms with E-state index in [-0.39, 0.29) is 21.8 Å². The average Bonchev–Trinajstić information content (AvgIpc) is 2.96. The smallest absolute Gasteiger partial charge is 0.315 e. The lowest BCUT2D eigenvalue weighted by atomic mass is 10.1. The van der Waals surface area contributed by atoms with Crippen LogP contribution in [-0.4, -0.2) is 37.2 Å². The van der Waals surface area contributed by atoms with E-state index in [4.69, 9.17) is 9.88 Å². The molecule has 11 nitrogen and oxygen atoms in total. The van der Waals surface area contributed by atoms with Crippen molar-refractivity contribution < 1.29 is 28.0 Å². The maximum atomic E-state index is 12.8. The topological polar surface area (TPSA) is 165 Å². The summed E-state index contributed by atoms with van der Waals surface area (Å²) in [6.07, 6.45) is 1.38. The fraction of sp³-hybridized carbons (Fsp3) is 0.111. The number of carbonyl (C=O) groups excluding carboxylic acids is 1. The number of nitrogens with zero attached hydrogens (tertiary/aromatic N) is 3. The molecule has 0 saturated carbocycles. The Morgan fingerprint density at radius 3 is 2.43 bits per heavy atom. The third-order valence-corrected chi connectivity index (χ3v) is 5.21. The second-order valence-corrected chi connectivity index (χ2v) is 7.81. The van der Waals surface area contributed by atoms with E-state index in [0.29, 0.717) is 11.4 Å². The number of ether oxygens (including phenoxy) is 1. The van der Waals surface area contributed by atoms with Crippen LogP contribution in [-0.2, 0) is 14.8 Å². The van der Waals surface area contributed by atoms with Gasteiger partial charge in [-0.2, -0.15) is 10.1 Å². The third kappa shape index (κ3) is 3.86. The highest BCUT2D eigenvalue weighted by Gasteiger charge is 2.29. The molecule has 0 saturated heterocycles. The van der Waals surface area contributed by atoms with Crippen molar-refractivity contribution in [3.63, 3.8) is 0 Å². The number of anilines is 1. The van der Waals surface area contributed by atoms with Gasteiger partial charge in [-0.15, -0.1) is 0 Å². The van der Waals surface area contributed by atoms with Crippen LogP contribution in [0.25, 0.3) is 6.08 Å². The summed E-state index contributed by atoms with van der Waals surface area (Å²) in [4.78, 5) is 23.1. The third-order valence-electron chi connectivity index (χ3n) is 4.28. The number of amides is 1. The molecule has 2 aromatic rings. The Bertz CT molecular complexity index is 1220. The molecule has 0 aromatic heterocycles. The van der Waals surface area contributed by atoms with Crippen LogP contribution in [0.5, 0.6) is 11.5 Å². The van der Waals surface area contributed by atoms with E-state index in [1.54, 1.807) is 6.92 Å². The number of hydrogen-bond donors (Lipinski definition) is 2. The predicted octanol–water partition coefficient (Wildman–Crippen LogP) is 1.76. The van der Waals surface area contributed by atoms with Crippen LogP contribution in [0.2, 0.25) is 0 Å². The highest BCUT2D eigenvalue weighted by Crippen LogP contribution is 2.38. The number of aromatic hydroxyl groups is 1. The Hall–Kier alpha value is -3.77. The maximum absolute atomic E-state index is 12.8. The number of rotatable bonds is 5. The van der Waals surface area contributed by atoms with Gasteiger partial charge in [0.2, 0.25) is 15.8 Å². The molecule has 0 unspecified atom stereocenters. The van der Waals surface area contributed by atoms with Gasteiger partial charge in [0.25, 0.3) is 5.91 Å². The van der Waals surface area contributed by atoms with Gasteiger partial charge in [-0.05, 0) is 48.9 Å². The van der Waals surface area contributed by atoms with E-state index in [2.05, 4.69) is 5.10 Å². The maximum Gasteiger partial charge on any atom is 0.315 e. The number of benzene rings is 2. The second-order valence-electron chi connectivity index (χ2n) is 6.25. The standard InChI is InChI=1S/C18H16N4O7S/c1-10-14(7-11-8-15(22(25)26)17(23)16(9-11)29-2)18(24)21(20-10)12-3-5-13(6-4-12)30(19,27)28/h3-9,23H,1-2H3,(H2,19,27,28)/b14-7-. The Morgan fingerprint density at radius 1 is 1.27 bits per heavy atom. The molecule has 156 valence electrons. The van der Waals surface area contributed by atoms with Gasteiger partial charge in [0.1, 0.15) is 0 Å². The van der Waals surface area contributed by atoms with Crippen molar-refractivity contribution in [1.82, 2.24) is 0 Å². The summed E-state index contributed by atoms with van der Waals surface area (Å²) in [5.74, 6) is -1.26. The second kappa shape index (κ2) is 7.57. The quantitative estimate of drug-likeness (QED) is 0.412. The normalized spacial score (nSPS) is 15.4. The molecule has 1 aliphatic rings. The fourth-order valence-electron chi connectivity index (χ4n) is 2.79. The lowest BCUT2D eigenvalue weighted by molar-refractivity contribution is -0.386. The van der Waals surface area contributed by atoms with Crippen molar-refractivity contribution >= 4 is 39.1 Å². The molecule has 3 N–H and O–H groups in total. The predicted molar refractivity (Wildman–Crippen MR) is 108 cm³/mol. The highest BCUT2D eigenvalue weighted by molar-refractivity contribution is 7.89. The summed E-state index contributed by atoms with van der Waals surface area (Å²) in [5, 5.41) is 31.3. The summed E-state index contributed by atoms with van der Waals surface area (Å²) in [5.41, 5.74) is 0.486. The Balaban J connectivity index is 1.99. The zero-order valence-corrected chi connectivity index (χ0v) is 16.6. The number of nitro groups is 1. The number of carbonyl (C=O) groups is 1. The van der Waals surface area contributed by atoms with E-state index in [1.165, 1.54) is 43.5 Å². The Labute approximate surface area is 170 Å². The SMILES string of the molecule is COc1cc(/C=C2\C(=O)N(c3ccc(S(N)(=O)=O)cc3)N=C2C)cc([N+](=O)[O-])c1O. The largest absolute Gasteiger partial charge is 0.500 e. The van der Waals surface area contributed by atoms with Crippen LogP contribution in [0.15, 0.2) is 52.0 Å². The van der Waals surface area contributed by atoms with E-state index in [0.717, 1.165) is 11.1 Å². The minimum atomic E-state index is -3.88. The summed E-state index contributed by atoms with van der Waals surface area (Å²) in [7, 11) is -2.63. The van der Waals surface area contributed by atoms with Crippen molar-refractivity contribution in [2.24, 2.45) is 10.2 Å². The number of hydrogen-bond acceptors (Lipinski definition) is 8. The van der Waals surface area contributed by atoms with Gasteiger partial charge in [-0.25, -0.2) is 13.6 Å². The molecule has 1 heterocycles. The van der Waals surface area contributed by atoms with E-state index in [1.807, 2.05) is 0 Å². The first-order valence-corrected chi connectivity index (χ1v) is 9.87. The van der Waals surface area contributed by atoms with Gasteiger partial charge >= 0.3 is 5.69 Å². The van der Waals surface area contributed by atoms with Gasteiger partial charge in [-0.1, -0.05) is 0 Å². The van der Waals surface area contributed by atoms with E-state index < -0.39 is 32.3 Å². The molecule has 1 aliphatic heterocycles. The number of primary sulfonamides is 1. The molecular weight excluding hydrogens is 416 g/mol. The summed E-state index contributed by atoms with van der Waals surface area (Å²) < 4.78 is 27.7. The van der Waals surface area contributed by atoms with Crippen LogP contribution in [0.3, 0.4) is 0 Å². The monoisotopic (exact) mass is 432 g/mol. The molecule has 0 spiro atoms. The lowest BCUT2D eigenvalue weighted by Gasteiger charge is -2.12. The van der Waals surface area contributed by atoms with Crippen LogP contribution in [0.4, 0.5) is 11.4 Å². The molecule has 0 fully saturated rings. The van der Waals surface area contributed by atoms with Crippen molar-refractivity contribution in [3.05, 3.63) is 57.6 Å². The Kier molecular flexibility index (Phi) is 5.29. The molecule has 0 atom stereocenters. The molecule has 0 radical (unpaired) electrons. The number of phenolic OH excluding ortho intramolecular Hbond substituents is 1. The van der Waals surface area contributed by atoms with Crippen LogP contribution >= 0.6 is 0 Å². The van der Waals surface area contributed by atoms with E-state index in [9.17, 15) is 28.4 Å². The molecule has 0 aliphatic carbocycles. The lowest BCUT2D eigenvalue weighted by Crippen LogP contribution is -2.21. The zero-order valence-electron chi connectivity index (χ0n) is 15.8. The van der Waals surface area contributed by atoms with Crippen molar-refractivity contribution in [3.8, 4) is 11.5 Å². The van der Waals surface area contributed by atoms with Gasteiger partial charge in [0, 0.05) is 6.07 Å². The fourth-order valence-corrected chi connectivity index (χ4v) is 3.31. The first-order chi connectivity index (χ1) is 14.0. The zero-order chi connectivity index (χ0) is 22.2. The molecule has 12 heteroatoms. The number of nitro benzene ring substituents is 1. The number of hydrazone groups is 1.